The molecule has 2 fully saturated rings. The van der Waals surface area contributed by atoms with E-state index in [4.69, 9.17) is 0 Å². The summed E-state index contributed by atoms with van der Waals surface area (Å²) < 4.78 is 0. The average molecular weight is 315 g/mol. The van der Waals surface area contributed by atoms with E-state index in [1.807, 2.05) is 0 Å². The number of carbonyl (C=O) groups is 3. The van der Waals surface area contributed by atoms with Gasteiger partial charge in [-0.2, -0.15) is 11.8 Å². The first-order valence-corrected chi connectivity index (χ1v) is 8.26. The molecule has 2 aliphatic rings. The Bertz CT molecular complexity index is 426. The topological polar surface area (TPSA) is 81.2 Å². The van der Waals surface area contributed by atoms with E-state index in [-0.39, 0.29) is 18.5 Å². The summed E-state index contributed by atoms with van der Waals surface area (Å²) in [6, 6.07) is -1.18. The van der Waals surface area contributed by atoms with E-state index in [1.165, 1.54) is 21.6 Å². The van der Waals surface area contributed by atoms with Gasteiger partial charge in [0.05, 0.1) is 0 Å². The van der Waals surface area contributed by atoms with Crippen LogP contribution in [0.4, 0.5) is 4.79 Å². The monoisotopic (exact) mass is 315 g/mol. The van der Waals surface area contributed by atoms with Crippen molar-refractivity contribution in [2.45, 2.75) is 18.9 Å². The maximum absolute atomic E-state index is 12.4. The highest BCUT2D eigenvalue weighted by molar-refractivity contribution is 7.99. The van der Waals surface area contributed by atoms with Crippen molar-refractivity contribution < 1.29 is 19.5 Å². The maximum atomic E-state index is 12.4. The molecule has 21 heavy (non-hydrogen) atoms. The Kier molecular flexibility index (Phi) is 5.33. The molecule has 0 radical (unpaired) electrons. The van der Waals surface area contributed by atoms with Crippen molar-refractivity contribution in [2.75, 3.05) is 44.7 Å². The number of thioether (sulfide) groups is 1. The minimum absolute atomic E-state index is 0.00875. The van der Waals surface area contributed by atoms with Gasteiger partial charge in [0.15, 0.2) is 0 Å². The van der Waals surface area contributed by atoms with Crippen LogP contribution in [-0.4, -0.2) is 88.5 Å². The largest absolute Gasteiger partial charge is 0.480 e. The number of aliphatic carboxylic acids is 1. The molecule has 1 unspecified atom stereocenters. The average Bonchev–Trinajstić information content (AvgIpc) is 3.00. The third kappa shape index (κ3) is 3.81. The molecule has 1 atom stereocenters. The first-order valence-electron chi connectivity index (χ1n) is 7.10. The minimum Gasteiger partial charge on any atom is -0.480 e. The molecule has 118 valence electrons. The summed E-state index contributed by atoms with van der Waals surface area (Å²) in [5.41, 5.74) is 0. The third-order valence-corrected chi connectivity index (χ3v) is 4.84. The van der Waals surface area contributed by atoms with E-state index in [0.717, 1.165) is 31.7 Å². The molecular weight excluding hydrogens is 294 g/mol. The number of carboxylic acids is 1. The van der Waals surface area contributed by atoms with Crippen LogP contribution < -0.4 is 0 Å². The van der Waals surface area contributed by atoms with Gasteiger partial charge in [0.2, 0.25) is 5.91 Å². The van der Waals surface area contributed by atoms with Crippen molar-refractivity contribution in [1.29, 1.82) is 0 Å². The zero-order valence-electron chi connectivity index (χ0n) is 12.2. The summed E-state index contributed by atoms with van der Waals surface area (Å²) in [6.45, 7) is 1.91. The Balaban J connectivity index is 1.93. The zero-order chi connectivity index (χ0) is 15.4. The molecule has 1 N–H and O–H groups in total. The van der Waals surface area contributed by atoms with Crippen LogP contribution >= 0.6 is 11.8 Å². The molecular formula is C13H21N3O4S. The molecule has 0 aromatic carbocycles. The van der Waals surface area contributed by atoms with Crippen LogP contribution in [0.5, 0.6) is 0 Å². The number of carboxylic acid groups (broad SMARTS) is 1. The Morgan fingerprint density at radius 1 is 1.24 bits per heavy atom. The van der Waals surface area contributed by atoms with Gasteiger partial charge in [-0.1, -0.05) is 0 Å². The minimum atomic E-state index is -0.991. The van der Waals surface area contributed by atoms with Gasteiger partial charge in [0.25, 0.3) is 0 Å². The Morgan fingerprint density at radius 2 is 1.90 bits per heavy atom. The molecule has 2 aliphatic heterocycles. The number of hydrogen-bond donors (Lipinski definition) is 1. The SMILES string of the molecule is CN(CC(=O)N1CCCC1)C(=O)N1CCSCC1C(=O)O. The number of carbonyl (C=O) groups excluding carboxylic acids is 2. The van der Waals surface area contributed by atoms with Gasteiger partial charge in [-0.3, -0.25) is 4.79 Å². The van der Waals surface area contributed by atoms with Crippen molar-refractivity contribution in [3.63, 3.8) is 0 Å². The fraction of sp³-hybridized carbons (Fsp3) is 0.769. The quantitative estimate of drug-likeness (QED) is 0.802. The molecule has 0 bridgehead atoms. The van der Waals surface area contributed by atoms with Gasteiger partial charge in [0, 0.05) is 38.2 Å². The van der Waals surface area contributed by atoms with Crippen molar-refractivity contribution in [3.05, 3.63) is 0 Å². The van der Waals surface area contributed by atoms with E-state index in [1.54, 1.807) is 11.9 Å². The summed E-state index contributed by atoms with van der Waals surface area (Å²) in [4.78, 5) is 40.1. The van der Waals surface area contributed by atoms with E-state index in [2.05, 4.69) is 0 Å². The highest BCUT2D eigenvalue weighted by atomic mass is 32.2. The molecule has 8 heteroatoms. The summed E-state index contributed by atoms with van der Waals surface area (Å²) >= 11 is 1.53. The lowest BCUT2D eigenvalue weighted by atomic mass is 10.3. The Hall–Kier alpha value is -1.44. The lowest BCUT2D eigenvalue weighted by molar-refractivity contribution is -0.141. The van der Waals surface area contributed by atoms with Crippen molar-refractivity contribution in [3.8, 4) is 0 Å². The van der Waals surface area contributed by atoms with Crippen LogP contribution in [-0.2, 0) is 9.59 Å². The van der Waals surface area contributed by atoms with E-state index >= 15 is 0 Å². The molecule has 0 saturated carbocycles. The van der Waals surface area contributed by atoms with Crippen molar-refractivity contribution >= 4 is 29.7 Å². The van der Waals surface area contributed by atoms with Crippen LogP contribution in [0.1, 0.15) is 12.8 Å². The number of likely N-dealkylation sites (N-methyl/N-ethyl adjacent to an activating group) is 1. The van der Waals surface area contributed by atoms with Gasteiger partial charge < -0.3 is 19.8 Å². The molecule has 2 heterocycles. The van der Waals surface area contributed by atoms with Crippen LogP contribution in [0.15, 0.2) is 0 Å². The molecule has 0 aliphatic carbocycles. The standard InChI is InChI=1S/C13H21N3O4S/c1-14(8-11(17)15-4-2-3-5-15)13(20)16-6-7-21-9-10(16)12(18)19/h10H,2-9H2,1H3,(H,18,19). The number of urea groups is 1. The molecule has 0 spiro atoms. The molecule has 2 rings (SSSR count). The van der Waals surface area contributed by atoms with Gasteiger partial charge in [0.1, 0.15) is 12.6 Å². The molecule has 0 aromatic rings. The predicted molar refractivity (Wildman–Crippen MR) is 79.3 cm³/mol. The predicted octanol–water partition coefficient (Wildman–Crippen LogP) is 0.163. The first-order chi connectivity index (χ1) is 10.0. The van der Waals surface area contributed by atoms with E-state index in [9.17, 15) is 19.5 Å². The smallest absolute Gasteiger partial charge is 0.327 e. The number of nitrogens with zero attached hydrogens (tertiary/aromatic N) is 3. The second-order valence-corrected chi connectivity index (χ2v) is 6.50. The lowest BCUT2D eigenvalue weighted by Crippen LogP contribution is -2.55. The Morgan fingerprint density at radius 3 is 2.52 bits per heavy atom. The van der Waals surface area contributed by atoms with Crippen molar-refractivity contribution in [2.24, 2.45) is 0 Å². The molecule has 7 nitrogen and oxygen atoms in total. The normalized spacial score (nSPS) is 22.2. The molecule has 3 amide bonds. The van der Waals surface area contributed by atoms with E-state index in [0.29, 0.717) is 12.3 Å². The van der Waals surface area contributed by atoms with Gasteiger partial charge in [-0.25, -0.2) is 9.59 Å². The summed E-state index contributed by atoms with van der Waals surface area (Å²) in [6.07, 6.45) is 2.02. The molecule has 0 aromatic heterocycles. The summed E-state index contributed by atoms with van der Waals surface area (Å²) in [5, 5.41) is 9.19. The van der Waals surface area contributed by atoms with Gasteiger partial charge in [-0.05, 0) is 12.8 Å². The van der Waals surface area contributed by atoms with E-state index < -0.39 is 12.0 Å². The first kappa shape index (κ1) is 15.9. The van der Waals surface area contributed by atoms with Crippen LogP contribution in [0.2, 0.25) is 0 Å². The number of likely N-dealkylation sites (tertiary alicyclic amines) is 1. The highest BCUT2D eigenvalue weighted by Crippen LogP contribution is 2.18. The number of amides is 3. The van der Waals surface area contributed by atoms with Crippen LogP contribution in [0, 0.1) is 0 Å². The fourth-order valence-electron chi connectivity index (χ4n) is 2.59. The van der Waals surface area contributed by atoms with Crippen LogP contribution in [0.25, 0.3) is 0 Å². The third-order valence-electron chi connectivity index (χ3n) is 3.82. The second-order valence-electron chi connectivity index (χ2n) is 5.35. The van der Waals surface area contributed by atoms with Crippen LogP contribution in [0.3, 0.4) is 0 Å². The zero-order valence-corrected chi connectivity index (χ0v) is 13.0. The number of hydrogen-bond acceptors (Lipinski definition) is 4. The highest BCUT2D eigenvalue weighted by Gasteiger charge is 2.34. The fourth-order valence-corrected chi connectivity index (χ4v) is 3.63. The Labute approximate surface area is 128 Å². The van der Waals surface area contributed by atoms with Gasteiger partial charge >= 0.3 is 12.0 Å². The lowest BCUT2D eigenvalue weighted by Gasteiger charge is -2.35. The van der Waals surface area contributed by atoms with Gasteiger partial charge in [-0.15, -0.1) is 0 Å². The summed E-state index contributed by atoms with van der Waals surface area (Å²) in [5.74, 6) is 0.0646. The van der Waals surface area contributed by atoms with Crippen molar-refractivity contribution in [1.82, 2.24) is 14.7 Å². The second kappa shape index (κ2) is 7.02. The summed E-state index contributed by atoms with van der Waals surface area (Å²) in [7, 11) is 1.55. The maximum Gasteiger partial charge on any atom is 0.327 e. The number of rotatable bonds is 3. The molecule has 2 saturated heterocycles.